The molecule has 8 heteroatoms. The normalized spacial score (nSPS) is 12.0. The number of aliphatic carboxylic acids is 1. The van der Waals surface area contributed by atoms with Gasteiger partial charge in [-0.1, -0.05) is 59.8 Å². The summed E-state index contributed by atoms with van der Waals surface area (Å²) in [5.41, 5.74) is 7.25. The van der Waals surface area contributed by atoms with E-state index in [9.17, 15) is 19.8 Å². The van der Waals surface area contributed by atoms with E-state index in [0.717, 1.165) is 38.9 Å². The summed E-state index contributed by atoms with van der Waals surface area (Å²) < 4.78 is 7.05. The summed E-state index contributed by atoms with van der Waals surface area (Å²) in [6.07, 6.45) is 1.51. The minimum absolute atomic E-state index is 0.00641. The Morgan fingerprint density at radius 3 is 2.55 bits per heavy atom. The summed E-state index contributed by atoms with van der Waals surface area (Å²) in [6.45, 7) is 4.45. The van der Waals surface area contributed by atoms with Crippen LogP contribution in [-0.2, 0) is 40.5 Å². The molecule has 3 aromatic carbocycles. The van der Waals surface area contributed by atoms with Gasteiger partial charge in [-0.05, 0) is 72.1 Å². The van der Waals surface area contributed by atoms with E-state index >= 15 is 0 Å². The molecule has 1 atom stereocenters. The first-order valence-corrected chi connectivity index (χ1v) is 12.8. The van der Waals surface area contributed by atoms with Gasteiger partial charge in [0.2, 0.25) is 0 Å². The first-order valence-electron chi connectivity index (χ1n) is 12.8. The fourth-order valence-corrected chi connectivity index (χ4v) is 4.77. The zero-order valence-electron chi connectivity index (χ0n) is 21.8. The van der Waals surface area contributed by atoms with Crippen LogP contribution >= 0.6 is 0 Å². The number of aromatic nitrogens is 3. The molecule has 8 nitrogen and oxygen atoms in total. The van der Waals surface area contributed by atoms with Crippen molar-refractivity contribution in [2.75, 3.05) is 0 Å². The molecule has 0 amide bonds. The Morgan fingerprint density at radius 1 is 1.03 bits per heavy atom. The van der Waals surface area contributed by atoms with Crippen molar-refractivity contribution in [3.05, 3.63) is 94.0 Å². The van der Waals surface area contributed by atoms with Gasteiger partial charge >= 0.3 is 11.9 Å². The molecule has 2 N–H and O–H groups in total. The second-order valence-electron chi connectivity index (χ2n) is 9.61. The van der Waals surface area contributed by atoms with Crippen LogP contribution in [0.25, 0.3) is 11.0 Å². The van der Waals surface area contributed by atoms with Crippen LogP contribution in [0.3, 0.4) is 0 Å². The van der Waals surface area contributed by atoms with Crippen LogP contribution in [0.2, 0.25) is 0 Å². The molecule has 4 rings (SSSR count). The molecule has 0 bridgehead atoms. The van der Waals surface area contributed by atoms with Crippen LogP contribution in [0.5, 0.6) is 0 Å². The zero-order valence-corrected chi connectivity index (χ0v) is 21.8. The summed E-state index contributed by atoms with van der Waals surface area (Å²) in [7, 11) is 0. The summed E-state index contributed by atoms with van der Waals surface area (Å²) in [4.78, 5) is 24.0. The van der Waals surface area contributed by atoms with Crippen molar-refractivity contribution in [2.45, 2.75) is 65.2 Å². The van der Waals surface area contributed by atoms with Crippen LogP contribution in [0.15, 0.2) is 60.7 Å². The number of hydrogen-bond acceptors (Lipinski definition) is 6. The molecule has 0 aliphatic rings. The molecule has 1 heterocycles. The number of hydrogen-bond donors (Lipinski definition) is 2. The number of carbonyl (C=O) groups excluding carboxylic acids is 1. The lowest BCUT2D eigenvalue weighted by Crippen LogP contribution is -2.11. The molecular formula is C30H33N3O5. The third-order valence-corrected chi connectivity index (χ3v) is 6.98. The van der Waals surface area contributed by atoms with Gasteiger partial charge in [-0.15, -0.1) is 5.10 Å². The van der Waals surface area contributed by atoms with Crippen LogP contribution in [0.4, 0.5) is 0 Å². The summed E-state index contributed by atoms with van der Waals surface area (Å²) >= 11 is 0. The van der Waals surface area contributed by atoms with Crippen molar-refractivity contribution < 1.29 is 24.5 Å². The van der Waals surface area contributed by atoms with E-state index in [1.807, 2.05) is 74.5 Å². The molecule has 1 unspecified atom stereocenters. The maximum absolute atomic E-state index is 12.3. The Balaban J connectivity index is 1.45. The number of carbonyl (C=O) groups is 2. The van der Waals surface area contributed by atoms with E-state index in [0.29, 0.717) is 24.9 Å². The lowest BCUT2D eigenvalue weighted by atomic mass is 9.86. The predicted octanol–water partition coefficient (Wildman–Crippen LogP) is 4.87. The van der Waals surface area contributed by atoms with Gasteiger partial charge < -0.3 is 14.9 Å². The topological polar surface area (TPSA) is 115 Å². The van der Waals surface area contributed by atoms with Gasteiger partial charge in [0.1, 0.15) is 12.1 Å². The first-order chi connectivity index (χ1) is 18.4. The van der Waals surface area contributed by atoms with E-state index in [-0.39, 0.29) is 37.9 Å². The number of aliphatic hydroxyl groups excluding tert-OH is 1. The molecule has 0 radical (unpaired) electrons. The van der Waals surface area contributed by atoms with Crippen molar-refractivity contribution in [1.29, 1.82) is 0 Å². The smallest absolute Gasteiger partial charge is 0.308 e. The van der Waals surface area contributed by atoms with Crippen molar-refractivity contribution in [2.24, 2.45) is 0 Å². The van der Waals surface area contributed by atoms with Crippen molar-refractivity contribution >= 4 is 23.0 Å². The van der Waals surface area contributed by atoms with E-state index in [2.05, 4.69) is 10.3 Å². The SMILES string of the molecule is Cc1ccc(CCC(CC(=O)O)c2ccc3c(nnn3CCC(=O)OCc3ccccc3)c2C)cc1CO. The number of ether oxygens (including phenoxy) is 1. The highest BCUT2D eigenvalue weighted by Crippen LogP contribution is 2.32. The molecule has 0 aliphatic carbocycles. The number of carboxylic acid groups (broad SMARTS) is 1. The predicted molar refractivity (Wildman–Crippen MR) is 144 cm³/mol. The number of esters is 1. The van der Waals surface area contributed by atoms with E-state index in [4.69, 9.17) is 4.74 Å². The molecule has 38 heavy (non-hydrogen) atoms. The fourth-order valence-electron chi connectivity index (χ4n) is 4.77. The number of nitrogens with zero attached hydrogens (tertiary/aromatic N) is 3. The number of carboxylic acids is 1. The van der Waals surface area contributed by atoms with Gasteiger partial charge in [0.15, 0.2) is 0 Å². The van der Waals surface area contributed by atoms with Gasteiger partial charge in [-0.25, -0.2) is 4.68 Å². The van der Waals surface area contributed by atoms with Crippen LogP contribution in [0, 0.1) is 13.8 Å². The summed E-state index contributed by atoms with van der Waals surface area (Å²) in [6, 6.07) is 19.4. The third kappa shape index (κ3) is 6.63. The van der Waals surface area contributed by atoms with Crippen LogP contribution < -0.4 is 0 Å². The molecule has 0 saturated heterocycles. The summed E-state index contributed by atoms with van der Waals surface area (Å²) in [5, 5.41) is 27.8. The number of aliphatic hydroxyl groups is 1. The Hall–Kier alpha value is -4.04. The third-order valence-electron chi connectivity index (χ3n) is 6.98. The Kier molecular flexibility index (Phi) is 8.86. The monoisotopic (exact) mass is 515 g/mol. The van der Waals surface area contributed by atoms with Crippen molar-refractivity contribution in [3.8, 4) is 0 Å². The highest BCUT2D eigenvalue weighted by molar-refractivity contribution is 5.80. The first kappa shape index (κ1) is 27.0. The van der Waals surface area contributed by atoms with Crippen molar-refractivity contribution in [1.82, 2.24) is 15.0 Å². The second-order valence-corrected chi connectivity index (χ2v) is 9.61. The lowest BCUT2D eigenvalue weighted by Gasteiger charge is -2.18. The fraction of sp³-hybridized carbons (Fsp3) is 0.333. The highest BCUT2D eigenvalue weighted by atomic mass is 16.5. The standard InChI is InChI=1S/C30H33N3O5/c1-20-8-9-22(16-25(20)18-34)10-11-24(17-28(35)36)26-12-13-27-30(21(26)2)31-32-33(27)15-14-29(37)38-19-23-6-4-3-5-7-23/h3-9,12-13,16,24,34H,10-11,14-15,17-19H2,1-2H3,(H,35,36). The molecule has 198 valence electrons. The van der Waals surface area contributed by atoms with Crippen molar-refractivity contribution in [3.63, 3.8) is 0 Å². The van der Waals surface area contributed by atoms with Crippen LogP contribution in [-0.4, -0.2) is 37.1 Å². The Bertz CT molecular complexity index is 1410. The molecular weight excluding hydrogens is 482 g/mol. The number of aryl methyl sites for hydroxylation is 4. The number of fused-ring (bicyclic) bond motifs is 1. The molecule has 0 saturated carbocycles. The minimum atomic E-state index is -0.855. The minimum Gasteiger partial charge on any atom is -0.481 e. The summed E-state index contributed by atoms with van der Waals surface area (Å²) in [5.74, 6) is -1.37. The van der Waals surface area contributed by atoms with Gasteiger partial charge in [0.05, 0.1) is 31.5 Å². The number of benzene rings is 3. The van der Waals surface area contributed by atoms with Gasteiger partial charge in [0.25, 0.3) is 0 Å². The van der Waals surface area contributed by atoms with Crippen LogP contribution in [0.1, 0.15) is 58.6 Å². The molecule has 4 aromatic rings. The molecule has 1 aromatic heterocycles. The second kappa shape index (κ2) is 12.5. The van der Waals surface area contributed by atoms with Gasteiger partial charge in [-0.3, -0.25) is 9.59 Å². The maximum Gasteiger partial charge on any atom is 0.308 e. The Morgan fingerprint density at radius 2 is 1.82 bits per heavy atom. The lowest BCUT2D eigenvalue weighted by molar-refractivity contribution is -0.145. The quantitative estimate of drug-likeness (QED) is 0.259. The maximum atomic E-state index is 12.3. The van der Waals surface area contributed by atoms with Gasteiger partial charge in [0, 0.05) is 0 Å². The van der Waals surface area contributed by atoms with E-state index in [1.54, 1.807) is 4.68 Å². The average Bonchev–Trinajstić information content (AvgIpc) is 3.34. The molecule has 0 spiro atoms. The molecule has 0 aliphatic heterocycles. The Labute approximate surface area is 221 Å². The zero-order chi connectivity index (χ0) is 27.1. The highest BCUT2D eigenvalue weighted by Gasteiger charge is 2.21. The van der Waals surface area contributed by atoms with Gasteiger partial charge in [-0.2, -0.15) is 0 Å². The number of rotatable bonds is 12. The largest absolute Gasteiger partial charge is 0.481 e. The van der Waals surface area contributed by atoms with E-state index < -0.39 is 5.97 Å². The van der Waals surface area contributed by atoms with E-state index in [1.165, 1.54) is 0 Å². The molecule has 0 fully saturated rings. The average molecular weight is 516 g/mol.